The number of anilines is 1. The molecule has 3 rings (SSSR count). The van der Waals surface area contributed by atoms with Gasteiger partial charge >= 0.3 is 5.69 Å². The molecule has 0 atom stereocenters. The van der Waals surface area contributed by atoms with E-state index in [2.05, 4.69) is 21.1 Å². The van der Waals surface area contributed by atoms with Gasteiger partial charge in [-0.15, -0.1) is 0 Å². The summed E-state index contributed by atoms with van der Waals surface area (Å²) in [5.41, 5.74) is 2.85. The Hall–Kier alpha value is -3.15. The Labute approximate surface area is 163 Å². The number of amides is 1. The molecule has 1 amide bonds. The Morgan fingerprint density at radius 3 is 2.46 bits per heavy atom. The van der Waals surface area contributed by atoms with Crippen LogP contribution in [-0.2, 0) is 11.3 Å². The van der Waals surface area contributed by atoms with Crippen LogP contribution in [0.2, 0.25) is 0 Å². The molecule has 2 aromatic heterocycles. The molecule has 2 aromatic rings. The first-order valence-electron chi connectivity index (χ1n) is 9.36. The fourth-order valence-electron chi connectivity index (χ4n) is 4.12. The summed E-state index contributed by atoms with van der Waals surface area (Å²) >= 11 is 0. The quantitative estimate of drug-likeness (QED) is 0.625. The molecule has 28 heavy (non-hydrogen) atoms. The Morgan fingerprint density at radius 1 is 1.29 bits per heavy atom. The highest BCUT2D eigenvalue weighted by molar-refractivity contribution is 5.91. The lowest BCUT2D eigenvalue weighted by atomic mass is 10.2. The predicted octanol–water partition coefficient (Wildman–Crippen LogP) is 3.45. The van der Waals surface area contributed by atoms with E-state index >= 15 is 0 Å². The predicted molar refractivity (Wildman–Crippen MR) is 103 cm³/mol. The second-order valence-electron chi connectivity index (χ2n) is 7.34. The van der Waals surface area contributed by atoms with Crippen LogP contribution in [0.5, 0.6) is 0 Å². The van der Waals surface area contributed by atoms with Crippen molar-refractivity contribution in [2.45, 2.75) is 66.0 Å². The Morgan fingerprint density at radius 2 is 1.93 bits per heavy atom. The van der Waals surface area contributed by atoms with E-state index in [0.29, 0.717) is 17.1 Å². The average Bonchev–Trinajstić information content (AvgIpc) is 3.28. The van der Waals surface area contributed by atoms with Crippen molar-refractivity contribution in [3.05, 3.63) is 38.3 Å². The maximum Gasteiger partial charge on any atom is 0.312 e. The van der Waals surface area contributed by atoms with Gasteiger partial charge < -0.3 is 9.88 Å². The summed E-state index contributed by atoms with van der Waals surface area (Å²) < 4.78 is 3.40. The van der Waals surface area contributed by atoms with Crippen LogP contribution in [-0.4, -0.2) is 25.2 Å². The molecule has 0 unspecified atom stereocenters. The van der Waals surface area contributed by atoms with Crippen LogP contribution < -0.4 is 5.32 Å². The topological polar surface area (TPSA) is 119 Å². The number of carbonyl (C=O) groups is 1. The average molecular weight is 384 g/mol. The van der Waals surface area contributed by atoms with Gasteiger partial charge in [0.15, 0.2) is 0 Å². The Bertz CT molecular complexity index is 989. The SMILES string of the molecule is Cc1nn(CC(=O)Nc2c(C#N)c(C)c(C)n2C2CCCC2)c(C)c1[N+](=O)[O-]. The monoisotopic (exact) mass is 384 g/mol. The van der Waals surface area contributed by atoms with E-state index in [4.69, 9.17) is 0 Å². The van der Waals surface area contributed by atoms with Gasteiger partial charge in [-0.25, -0.2) is 0 Å². The molecule has 1 aliphatic rings. The number of hydrogen-bond donors (Lipinski definition) is 1. The molecule has 0 saturated heterocycles. The van der Waals surface area contributed by atoms with Crippen LogP contribution in [0.4, 0.5) is 11.5 Å². The second kappa shape index (κ2) is 7.46. The number of nitrogens with zero attached hydrogens (tertiary/aromatic N) is 5. The molecule has 0 aromatic carbocycles. The van der Waals surface area contributed by atoms with Crippen LogP contribution in [0.15, 0.2) is 0 Å². The Kier molecular flexibility index (Phi) is 5.23. The number of hydrogen-bond acceptors (Lipinski definition) is 5. The van der Waals surface area contributed by atoms with Crippen LogP contribution in [0.1, 0.15) is 59.9 Å². The number of nitriles is 1. The van der Waals surface area contributed by atoms with Crippen molar-refractivity contribution in [3.8, 4) is 6.07 Å². The van der Waals surface area contributed by atoms with Gasteiger partial charge in [-0.3, -0.25) is 19.6 Å². The highest BCUT2D eigenvalue weighted by Gasteiger charge is 2.27. The zero-order valence-electron chi connectivity index (χ0n) is 16.6. The van der Waals surface area contributed by atoms with Crippen molar-refractivity contribution in [1.82, 2.24) is 14.3 Å². The standard InChI is InChI=1S/C19H24N6O3/c1-11-13(3)24(15-7-5-6-8-15)19(16(11)9-20)21-17(26)10-23-14(4)18(25(27)28)12(2)22-23/h15H,5-8,10H2,1-4H3,(H,21,26). The fraction of sp³-hybridized carbons (Fsp3) is 0.526. The molecular weight excluding hydrogens is 360 g/mol. The van der Waals surface area contributed by atoms with Gasteiger partial charge in [-0.1, -0.05) is 12.8 Å². The van der Waals surface area contributed by atoms with Crippen molar-refractivity contribution in [1.29, 1.82) is 5.26 Å². The molecule has 0 bridgehead atoms. The van der Waals surface area contributed by atoms with E-state index in [1.54, 1.807) is 13.8 Å². The van der Waals surface area contributed by atoms with Crippen molar-refractivity contribution < 1.29 is 9.72 Å². The number of aromatic nitrogens is 3. The molecule has 1 saturated carbocycles. The molecule has 0 spiro atoms. The number of nitro groups is 1. The summed E-state index contributed by atoms with van der Waals surface area (Å²) in [5.74, 6) is 0.152. The second-order valence-corrected chi connectivity index (χ2v) is 7.34. The van der Waals surface area contributed by atoms with Crippen LogP contribution in [0.25, 0.3) is 0 Å². The lowest BCUT2D eigenvalue weighted by molar-refractivity contribution is -0.386. The molecule has 9 heteroatoms. The summed E-state index contributed by atoms with van der Waals surface area (Å²) in [6.45, 7) is 6.82. The molecule has 1 fully saturated rings. The fourth-order valence-corrected chi connectivity index (χ4v) is 4.12. The maximum absolute atomic E-state index is 12.7. The lowest BCUT2D eigenvalue weighted by Gasteiger charge is -2.19. The molecule has 9 nitrogen and oxygen atoms in total. The van der Waals surface area contributed by atoms with Crippen LogP contribution in [0, 0.1) is 49.1 Å². The number of nitrogens with one attached hydrogen (secondary N) is 1. The van der Waals surface area contributed by atoms with Crippen molar-refractivity contribution in [2.75, 3.05) is 5.32 Å². The summed E-state index contributed by atoms with van der Waals surface area (Å²) in [6.07, 6.45) is 4.30. The minimum atomic E-state index is -0.488. The van der Waals surface area contributed by atoms with Gasteiger partial charge in [0.05, 0.1) is 10.5 Å². The zero-order chi connectivity index (χ0) is 20.6. The molecule has 0 radical (unpaired) electrons. The smallest absolute Gasteiger partial charge is 0.312 e. The van der Waals surface area contributed by atoms with Gasteiger partial charge in [0.1, 0.15) is 29.8 Å². The Balaban J connectivity index is 1.91. The third kappa shape index (κ3) is 3.26. The van der Waals surface area contributed by atoms with E-state index in [9.17, 15) is 20.2 Å². The van der Waals surface area contributed by atoms with Crippen molar-refractivity contribution >= 4 is 17.4 Å². The summed E-state index contributed by atoms with van der Waals surface area (Å²) in [5, 5.41) is 27.8. The van der Waals surface area contributed by atoms with Crippen molar-refractivity contribution in [3.63, 3.8) is 0 Å². The molecule has 1 aliphatic carbocycles. The first kappa shape index (κ1) is 19.6. The summed E-state index contributed by atoms with van der Waals surface area (Å²) in [7, 11) is 0. The van der Waals surface area contributed by atoms with E-state index < -0.39 is 4.92 Å². The molecule has 2 heterocycles. The third-order valence-electron chi connectivity index (χ3n) is 5.64. The third-order valence-corrected chi connectivity index (χ3v) is 5.64. The zero-order valence-corrected chi connectivity index (χ0v) is 16.6. The molecular formula is C19H24N6O3. The summed E-state index contributed by atoms with van der Waals surface area (Å²) in [4.78, 5) is 23.4. The molecule has 1 N–H and O–H groups in total. The normalized spacial score (nSPS) is 14.2. The molecule has 0 aliphatic heterocycles. The van der Waals surface area contributed by atoms with Gasteiger partial charge in [-0.2, -0.15) is 10.4 Å². The van der Waals surface area contributed by atoms with E-state index in [0.717, 1.165) is 36.9 Å². The largest absolute Gasteiger partial charge is 0.327 e. The minimum Gasteiger partial charge on any atom is -0.327 e. The van der Waals surface area contributed by atoms with Crippen LogP contribution >= 0.6 is 0 Å². The first-order valence-corrected chi connectivity index (χ1v) is 9.36. The van der Waals surface area contributed by atoms with Gasteiger partial charge in [0.25, 0.3) is 0 Å². The van der Waals surface area contributed by atoms with Gasteiger partial charge in [0, 0.05) is 11.7 Å². The highest BCUT2D eigenvalue weighted by atomic mass is 16.6. The highest BCUT2D eigenvalue weighted by Crippen LogP contribution is 2.37. The van der Waals surface area contributed by atoms with E-state index in [1.807, 2.05) is 13.8 Å². The minimum absolute atomic E-state index is 0.0773. The first-order chi connectivity index (χ1) is 13.3. The van der Waals surface area contributed by atoms with Crippen LogP contribution in [0.3, 0.4) is 0 Å². The maximum atomic E-state index is 12.7. The number of carbonyl (C=O) groups excluding carboxylic acids is 1. The van der Waals surface area contributed by atoms with E-state index in [1.165, 1.54) is 4.68 Å². The van der Waals surface area contributed by atoms with E-state index in [-0.39, 0.29) is 29.9 Å². The lowest BCUT2D eigenvalue weighted by Crippen LogP contribution is -2.23. The van der Waals surface area contributed by atoms with Gasteiger partial charge in [0.2, 0.25) is 5.91 Å². The summed E-state index contributed by atoms with van der Waals surface area (Å²) in [6, 6.07) is 2.48. The molecule has 148 valence electrons. The van der Waals surface area contributed by atoms with Gasteiger partial charge in [-0.05, 0) is 46.1 Å². The number of rotatable bonds is 5. The number of aryl methyl sites for hydroxylation is 1. The van der Waals surface area contributed by atoms with Crippen molar-refractivity contribution in [2.24, 2.45) is 0 Å².